The number of hydrogen-bond acceptors (Lipinski definition) is 4. The Morgan fingerprint density at radius 2 is 2.00 bits per heavy atom. The molecule has 0 spiro atoms. The average Bonchev–Trinajstić information content (AvgIpc) is 2.97. The van der Waals surface area contributed by atoms with Gasteiger partial charge in [-0.15, -0.1) is 0 Å². The molecule has 0 aliphatic rings. The smallest absolute Gasteiger partial charge is 0.253 e. The molecular formula is C14H16BrN5O2. The molecule has 0 fully saturated rings. The van der Waals surface area contributed by atoms with E-state index in [9.17, 15) is 9.59 Å². The molecule has 3 N–H and O–H groups in total. The standard InChI is InChI=1S/C14H16BrN5O2/c1-8(2)11(13(22)19-14-16-7-17-20-14)18-12(21)9-5-3-4-6-10(9)15/h3-8,11H,1-2H3,(H,18,21)(H2,16,17,19,20,22)/t11-/m0/s1. The Bertz CT molecular complexity index is 657. The Kier molecular flexibility index (Phi) is 5.26. The molecule has 0 unspecified atom stereocenters. The van der Waals surface area contributed by atoms with Gasteiger partial charge in [0, 0.05) is 4.47 Å². The number of nitrogens with zero attached hydrogens (tertiary/aromatic N) is 2. The molecule has 0 radical (unpaired) electrons. The van der Waals surface area contributed by atoms with Gasteiger partial charge in [0.25, 0.3) is 5.91 Å². The number of hydrogen-bond donors (Lipinski definition) is 3. The van der Waals surface area contributed by atoms with E-state index in [1.54, 1.807) is 18.2 Å². The van der Waals surface area contributed by atoms with E-state index >= 15 is 0 Å². The summed E-state index contributed by atoms with van der Waals surface area (Å²) in [5.41, 5.74) is 0.473. The first kappa shape index (κ1) is 16.2. The summed E-state index contributed by atoms with van der Waals surface area (Å²) in [4.78, 5) is 28.4. The number of H-pyrrole nitrogens is 1. The SMILES string of the molecule is CC(C)[C@H](NC(=O)c1ccccc1Br)C(=O)Nc1ncn[nH]1. The zero-order valence-electron chi connectivity index (χ0n) is 12.1. The first-order valence-corrected chi connectivity index (χ1v) is 7.50. The molecule has 0 aliphatic carbocycles. The number of anilines is 1. The third kappa shape index (κ3) is 3.91. The number of halogens is 1. The molecule has 0 aliphatic heterocycles. The Morgan fingerprint density at radius 3 is 2.59 bits per heavy atom. The molecule has 1 atom stereocenters. The monoisotopic (exact) mass is 365 g/mol. The van der Waals surface area contributed by atoms with E-state index in [4.69, 9.17) is 0 Å². The molecule has 2 amide bonds. The molecule has 0 saturated carbocycles. The van der Waals surface area contributed by atoms with E-state index in [1.165, 1.54) is 6.33 Å². The topological polar surface area (TPSA) is 99.8 Å². The van der Waals surface area contributed by atoms with Crippen molar-refractivity contribution in [2.75, 3.05) is 5.32 Å². The summed E-state index contributed by atoms with van der Waals surface area (Å²) in [5.74, 6) is -0.522. The molecule has 2 aromatic rings. The summed E-state index contributed by atoms with van der Waals surface area (Å²) in [6, 6.07) is 6.35. The molecule has 8 heteroatoms. The fourth-order valence-corrected chi connectivity index (χ4v) is 2.32. The summed E-state index contributed by atoms with van der Waals surface area (Å²) in [6.45, 7) is 3.70. The van der Waals surface area contributed by atoms with Crippen molar-refractivity contribution < 1.29 is 9.59 Å². The van der Waals surface area contributed by atoms with Crippen molar-refractivity contribution in [2.24, 2.45) is 5.92 Å². The molecule has 2 rings (SSSR count). The number of rotatable bonds is 5. The fraction of sp³-hybridized carbons (Fsp3) is 0.286. The molecular weight excluding hydrogens is 350 g/mol. The summed E-state index contributed by atoms with van der Waals surface area (Å²) in [7, 11) is 0. The van der Waals surface area contributed by atoms with Gasteiger partial charge in [0.15, 0.2) is 0 Å². The zero-order chi connectivity index (χ0) is 16.1. The van der Waals surface area contributed by atoms with E-state index < -0.39 is 6.04 Å². The second kappa shape index (κ2) is 7.17. The normalized spacial score (nSPS) is 12.0. The second-order valence-electron chi connectivity index (χ2n) is 5.00. The highest BCUT2D eigenvalue weighted by atomic mass is 79.9. The van der Waals surface area contributed by atoms with Crippen molar-refractivity contribution in [1.29, 1.82) is 0 Å². The van der Waals surface area contributed by atoms with Crippen molar-refractivity contribution in [3.8, 4) is 0 Å². The molecule has 0 saturated heterocycles. The van der Waals surface area contributed by atoms with Crippen LogP contribution in [0, 0.1) is 5.92 Å². The van der Waals surface area contributed by atoms with Crippen LogP contribution in [0.25, 0.3) is 0 Å². The number of aromatic amines is 1. The van der Waals surface area contributed by atoms with Gasteiger partial charge < -0.3 is 5.32 Å². The van der Waals surface area contributed by atoms with Crippen LogP contribution in [0.1, 0.15) is 24.2 Å². The maximum atomic E-state index is 12.3. The van der Waals surface area contributed by atoms with E-state index in [-0.39, 0.29) is 23.7 Å². The van der Waals surface area contributed by atoms with Crippen LogP contribution < -0.4 is 10.6 Å². The van der Waals surface area contributed by atoms with Crippen molar-refractivity contribution in [1.82, 2.24) is 20.5 Å². The fourth-order valence-electron chi connectivity index (χ4n) is 1.86. The quantitative estimate of drug-likeness (QED) is 0.753. The summed E-state index contributed by atoms with van der Waals surface area (Å²) < 4.78 is 0.672. The molecule has 1 aromatic heterocycles. The lowest BCUT2D eigenvalue weighted by molar-refractivity contribution is -0.118. The van der Waals surface area contributed by atoms with Gasteiger partial charge >= 0.3 is 0 Å². The molecule has 1 aromatic carbocycles. The van der Waals surface area contributed by atoms with E-state index in [0.29, 0.717) is 10.0 Å². The summed E-state index contributed by atoms with van der Waals surface area (Å²) >= 11 is 3.32. The molecule has 0 bridgehead atoms. The Hall–Kier alpha value is -2.22. The maximum Gasteiger partial charge on any atom is 0.253 e. The van der Waals surface area contributed by atoms with Crippen LogP contribution >= 0.6 is 15.9 Å². The van der Waals surface area contributed by atoms with Crippen LogP contribution in [-0.4, -0.2) is 33.0 Å². The third-order valence-electron chi connectivity index (χ3n) is 3.01. The van der Waals surface area contributed by atoms with Crippen LogP contribution in [0.3, 0.4) is 0 Å². The summed E-state index contributed by atoms with van der Waals surface area (Å²) in [5, 5.41) is 11.5. The number of carbonyl (C=O) groups excluding carboxylic acids is 2. The lowest BCUT2D eigenvalue weighted by Crippen LogP contribution is -2.47. The van der Waals surface area contributed by atoms with Crippen molar-refractivity contribution in [3.63, 3.8) is 0 Å². The third-order valence-corrected chi connectivity index (χ3v) is 3.70. The summed E-state index contributed by atoms with van der Waals surface area (Å²) in [6.07, 6.45) is 1.29. The van der Waals surface area contributed by atoms with E-state index in [0.717, 1.165) is 0 Å². The van der Waals surface area contributed by atoms with Crippen molar-refractivity contribution >= 4 is 33.7 Å². The minimum atomic E-state index is -0.690. The minimum Gasteiger partial charge on any atom is -0.340 e. The van der Waals surface area contributed by atoms with Crippen molar-refractivity contribution in [3.05, 3.63) is 40.6 Å². The molecule has 116 valence electrons. The van der Waals surface area contributed by atoms with Crippen LogP contribution in [-0.2, 0) is 4.79 Å². The van der Waals surface area contributed by atoms with Crippen LogP contribution in [0.2, 0.25) is 0 Å². The molecule has 22 heavy (non-hydrogen) atoms. The van der Waals surface area contributed by atoms with E-state index in [1.807, 2.05) is 19.9 Å². The first-order chi connectivity index (χ1) is 10.5. The number of carbonyl (C=O) groups is 2. The van der Waals surface area contributed by atoms with Gasteiger partial charge in [-0.25, -0.2) is 5.10 Å². The Morgan fingerprint density at radius 1 is 1.27 bits per heavy atom. The predicted octanol–water partition coefficient (Wildman–Crippen LogP) is 1.96. The predicted molar refractivity (Wildman–Crippen MR) is 85.2 cm³/mol. The van der Waals surface area contributed by atoms with Gasteiger partial charge in [-0.2, -0.15) is 10.1 Å². The second-order valence-corrected chi connectivity index (χ2v) is 5.85. The number of aromatic nitrogens is 3. The molecule has 1 heterocycles. The highest BCUT2D eigenvalue weighted by molar-refractivity contribution is 9.10. The van der Waals surface area contributed by atoms with Gasteiger partial charge in [0.2, 0.25) is 11.9 Å². The Balaban J connectivity index is 2.10. The Labute approximate surface area is 136 Å². The maximum absolute atomic E-state index is 12.3. The van der Waals surface area contributed by atoms with Gasteiger partial charge in [-0.1, -0.05) is 26.0 Å². The van der Waals surface area contributed by atoms with Crippen molar-refractivity contribution in [2.45, 2.75) is 19.9 Å². The zero-order valence-corrected chi connectivity index (χ0v) is 13.7. The van der Waals surface area contributed by atoms with Gasteiger partial charge in [0.1, 0.15) is 12.4 Å². The number of amides is 2. The minimum absolute atomic E-state index is 0.0886. The first-order valence-electron chi connectivity index (χ1n) is 6.70. The number of benzene rings is 1. The van der Waals surface area contributed by atoms with Crippen LogP contribution in [0.15, 0.2) is 35.1 Å². The van der Waals surface area contributed by atoms with Gasteiger partial charge in [-0.3, -0.25) is 14.9 Å². The van der Waals surface area contributed by atoms with Crippen LogP contribution in [0.4, 0.5) is 5.95 Å². The van der Waals surface area contributed by atoms with E-state index in [2.05, 4.69) is 41.7 Å². The lowest BCUT2D eigenvalue weighted by Gasteiger charge is -2.21. The average molecular weight is 366 g/mol. The largest absolute Gasteiger partial charge is 0.340 e. The van der Waals surface area contributed by atoms with Gasteiger partial charge in [0.05, 0.1) is 5.56 Å². The molecule has 7 nitrogen and oxygen atoms in total. The highest BCUT2D eigenvalue weighted by Crippen LogP contribution is 2.16. The van der Waals surface area contributed by atoms with Gasteiger partial charge in [-0.05, 0) is 34.0 Å². The van der Waals surface area contributed by atoms with Crippen LogP contribution in [0.5, 0.6) is 0 Å². The highest BCUT2D eigenvalue weighted by Gasteiger charge is 2.25. The number of nitrogens with one attached hydrogen (secondary N) is 3. The lowest BCUT2D eigenvalue weighted by atomic mass is 10.0.